The fourth-order valence-corrected chi connectivity index (χ4v) is 1.35. The molecule has 2 aromatic rings. The van der Waals surface area contributed by atoms with Crippen molar-refractivity contribution in [1.82, 2.24) is 9.97 Å². The topological polar surface area (TPSA) is 59.2 Å². The number of aliphatic hydroxyl groups excluding tert-OH is 1. The monoisotopic (exact) mass is 210 g/mol. The predicted molar refractivity (Wildman–Crippen MR) is 49.8 cm³/mol. The van der Waals surface area contributed by atoms with Crippen LogP contribution in [0.15, 0.2) is 35.5 Å². The Balaban J connectivity index is 2.34. The molecule has 5 heteroatoms. The van der Waals surface area contributed by atoms with E-state index in [-0.39, 0.29) is 5.22 Å². The first-order chi connectivity index (χ1) is 6.79. The Kier molecular flexibility index (Phi) is 2.47. The van der Waals surface area contributed by atoms with Crippen molar-refractivity contribution >= 4 is 11.6 Å². The van der Waals surface area contributed by atoms with E-state index in [4.69, 9.17) is 16.0 Å². The van der Waals surface area contributed by atoms with Crippen LogP contribution in [-0.2, 0) is 0 Å². The maximum atomic E-state index is 9.84. The van der Waals surface area contributed by atoms with Crippen molar-refractivity contribution in [3.8, 4) is 0 Å². The number of nitrogens with zero attached hydrogens (tertiary/aromatic N) is 2. The SMILES string of the molecule is OC(c1cncnc1)c1ccoc1Cl. The van der Waals surface area contributed by atoms with Gasteiger partial charge in [-0.25, -0.2) is 9.97 Å². The van der Waals surface area contributed by atoms with Crippen molar-refractivity contribution in [2.75, 3.05) is 0 Å². The molecular formula is C9H7ClN2O2. The fraction of sp³-hybridized carbons (Fsp3) is 0.111. The van der Waals surface area contributed by atoms with Gasteiger partial charge in [0.25, 0.3) is 0 Å². The zero-order chi connectivity index (χ0) is 9.97. The highest BCUT2D eigenvalue weighted by molar-refractivity contribution is 6.29. The Morgan fingerprint density at radius 1 is 1.36 bits per heavy atom. The minimum Gasteiger partial charge on any atom is -0.453 e. The summed E-state index contributed by atoms with van der Waals surface area (Å²) in [4.78, 5) is 7.60. The van der Waals surface area contributed by atoms with Crippen molar-refractivity contribution in [1.29, 1.82) is 0 Å². The Morgan fingerprint density at radius 3 is 2.64 bits per heavy atom. The lowest BCUT2D eigenvalue weighted by Gasteiger charge is -2.07. The van der Waals surface area contributed by atoms with Gasteiger partial charge in [-0.3, -0.25) is 0 Å². The van der Waals surface area contributed by atoms with Gasteiger partial charge in [0.1, 0.15) is 12.4 Å². The third kappa shape index (κ3) is 1.62. The minimum atomic E-state index is -0.845. The molecule has 14 heavy (non-hydrogen) atoms. The first-order valence-corrected chi connectivity index (χ1v) is 4.32. The average molecular weight is 211 g/mol. The van der Waals surface area contributed by atoms with Gasteiger partial charge in [0, 0.05) is 23.5 Å². The second kappa shape index (κ2) is 3.77. The Labute approximate surface area is 85.2 Å². The Hall–Kier alpha value is -1.39. The van der Waals surface area contributed by atoms with Crippen molar-refractivity contribution in [2.45, 2.75) is 6.10 Å². The average Bonchev–Trinajstić information content (AvgIpc) is 2.65. The lowest BCUT2D eigenvalue weighted by atomic mass is 10.1. The maximum Gasteiger partial charge on any atom is 0.199 e. The number of halogens is 1. The molecule has 0 aliphatic heterocycles. The molecule has 0 radical (unpaired) electrons. The highest BCUT2D eigenvalue weighted by Crippen LogP contribution is 2.27. The highest BCUT2D eigenvalue weighted by atomic mass is 35.5. The van der Waals surface area contributed by atoms with Crippen LogP contribution in [0, 0.1) is 0 Å². The third-order valence-corrected chi connectivity index (χ3v) is 2.14. The predicted octanol–water partition coefficient (Wildman–Crippen LogP) is 1.80. The normalized spacial score (nSPS) is 12.7. The molecule has 0 spiro atoms. The molecule has 1 atom stereocenters. The van der Waals surface area contributed by atoms with Crippen LogP contribution < -0.4 is 0 Å². The summed E-state index contributed by atoms with van der Waals surface area (Å²) in [6.07, 6.45) is 5.03. The van der Waals surface area contributed by atoms with Gasteiger partial charge in [0.15, 0.2) is 5.22 Å². The van der Waals surface area contributed by atoms with E-state index in [1.807, 2.05) is 0 Å². The van der Waals surface area contributed by atoms with Crippen molar-refractivity contribution in [2.24, 2.45) is 0 Å². The van der Waals surface area contributed by atoms with Gasteiger partial charge in [-0.05, 0) is 17.7 Å². The molecule has 0 saturated carbocycles. The van der Waals surface area contributed by atoms with Crippen molar-refractivity contribution in [3.63, 3.8) is 0 Å². The standard InChI is InChI=1S/C9H7ClN2O2/c10-9-7(1-2-14-9)8(13)6-3-11-5-12-4-6/h1-5,8,13H. The minimum absolute atomic E-state index is 0.182. The molecule has 0 aliphatic carbocycles. The lowest BCUT2D eigenvalue weighted by Crippen LogP contribution is -1.99. The van der Waals surface area contributed by atoms with Gasteiger partial charge < -0.3 is 9.52 Å². The highest BCUT2D eigenvalue weighted by Gasteiger charge is 2.16. The second-order valence-corrected chi connectivity index (χ2v) is 3.07. The number of hydrogen-bond acceptors (Lipinski definition) is 4. The largest absolute Gasteiger partial charge is 0.453 e. The van der Waals surface area contributed by atoms with Crippen molar-refractivity contribution in [3.05, 3.63) is 47.4 Å². The van der Waals surface area contributed by atoms with E-state index in [0.717, 1.165) is 0 Å². The molecule has 0 aromatic carbocycles. The maximum absolute atomic E-state index is 9.84. The molecule has 0 bridgehead atoms. The zero-order valence-corrected chi connectivity index (χ0v) is 7.85. The third-order valence-electron chi connectivity index (χ3n) is 1.84. The quantitative estimate of drug-likeness (QED) is 0.821. The molecule has 4 nitrogen and oxygen atoms in total. The van der Waals surface area contributed by atoms with Crippen LogP contribution in [0.4, 0.5) is 0 Å². The number of aromatic nitrogens is 2. The van der Waals surface area contributed by atoms with E-state index in [9.17, 15) is 5.11 Å². The van der Waals surface area contributed by atoms with Gasteiger partial charge in [-0.1, -0.05) is 0 Å². The van der Waals surface area contributed by atoms with Crippen LogP contribution in [0.2, 0.25) is 5.22 Å². The molecule has 0 saturated heterocycles. The second-order valence-electron chi connectivity index (χ2n) is 2.72. The molecule has 2 aromatic heterocycles. The molecule has 0 amide bonds. The summed E-state index contributed by atoms with van der Waals surface area (Å²) in [6.45, 7) is 0. The Morgan fingerprint density at radius 2 is 2.07 bits per heavy atom. The molecular weight excluding hydrogens is 204 g/mol. The Bertz CT molecular complexity index is 416. The van der Waals surface area contributed by atoms with Crippen LogP contribution in [-0.4, -0.2) is 15.1 Å². The zero-order valence-electron chi connectivity index (χ0n) is 7.09. The first kappa shape index (κ1) is 9.18. The van der Waals surface area contributed by atoms with E-state index >= 15 is 0 Å². The van der Waals surface area contributed by atoms with Gasteiger partial charge in [-0.2, -0.15) is 0 Å². The van der Waals surface area contributed by atoms with Crippen LogP contribution in [0.3, 0.4) is 0 Å². The van der Waals surface area contributed by atoms with Crippen LogP contribution in [0.1, 0.15) is 17.2 Å². The number of aliphatic hydroxyl groups is 1. The molecule has 2 rings (SSSR count). The van der Waals surface area contributed by atoms with Crippen LogP contribution >= 0.6 is 11.6 Å². The smallest absolute Gasteiger partial charge is 0.199 e. The number of furan rings is 1. The van der Waals surface area contributed by atoms with Gasteiger partial charge in [0.05, 0.1) is 6.26 Å². The van der Waals surface area contributed by atoms with Gasteiger partial charge in [-0.15, -0.1) is 0 Å². The summed E-state index contributed by atoms with van der Waals surface area (Å²) in [5.74, 6) is 0. The van der Waals surface area contributed by atoms with Gasteiger partial charge in [0.2, 0.25) is 0 Å². The van der Waals surface area contributed by atoms with E-state index in [0.29, 0.717) is 11.1 Å². The van der Waals surface area contributed by atoms with E-state index in [1.165, 1.54) is 25.0 Å². The summed E-state index contributed by atoms with van der Waals surface area (Å²) in [7, 11) is 0. The summed E-state index contributed by atoms with van der Waals surface area (Å²) in [6, 6.07) is 1.61. The number of rotatable bonds is 2. The van der Waals surface area contributed by atoms with Crippen LogP contribution in [0.5, 0.6) is 0 Å². The van der Waals surface area contributed by atoms with Crippen LogP contribution in [0.25, 0.3) is 0 Å². The summed E-state index contributed by atoms with van der Waals surface area (Å²) < 4.78 is 4.87. The van der Waals surface area contributed by atoms with E-state index < -0.39 is 6.10 Å². The van der Waals surface area contributed by atoms with Crippen molar-refractivity contribution < 1.29 is 9.52 Å². The van der Waals surface area contributed by atoms with E-state index in [1.54, 1.807) is 6.07 Å². The summed E-state index contributed by atoms with van der Waals surface area (Å²) in [5.41, 5.74) is 1.09. The molecule has 1 N–H and O–H groups in total. The number of hydrogen-bond donors (Lipinski definition) is 1. The molecule has 0 fully saturated rings. The molecule has 0 aliphatic rings. The molecule has 1 unspecified atom stereocenters. The molecule has 72 valence electrons. The fourth-order valence-electron chi connectivity index (χ4n) is 1.13. The summed E-state index contributed by atoms with van der Waals surface area (Å²) in [5, 5.41) is 10.0. The lowest BCUT2D eigenvalue weighted by molar-refractivity contribution is 0.218. The van der Waals surface area contributed by atoms with E-state index in [2.05, 4.69) is 9.97 Å². The summed E-state index contributed by atoms with van der Waals surface area (Å²) >= 11 is 5.72. The first-order valence-electron chi connectivity index (χ1n) is 3.95. The molecule has 2 heterocycles. The van der Waals surface area contributed by atoms with Gasteiger partial charge >= 0.3 is 0 Å².